The average Bonchev–Trinajstić information content (AvgIpc) is 2.92. The van der Waals surface area contributed by atoms with Crippen LogP contribution < -0.4 is 22.9 Å². The largest absolute Gasteiger partial charge is 0.465 e. The summed E-state index contributed by atoms with van der Waals surface area (Å²) < 4.78 is 6.44. The molecule has 9 nitrogen and oxygen atoms in total. The fourth-order valence-corrected chi connectivity index (χ4v) is 2.79. The zero-order chi connectivity index (χ0) is 18.7. The van der Waals surface area contributed by atoms with E-state index < -0.39 is 29.9 Å². The predicted octanol–water partition coefficient (Wildman–Crippen LogP) is -0.524. The van der Waals surface area contributed by atoms with Crippen LogP contribution in [0.15, 0.2) is 24.3 Å². The summed E-state index contributed by atoms with van der Waals surface area (Å²) in [6.45, 7) is 0. The average molecular weight is 347 g/mol. The molecule has 0 aliphatic carbocycles. The fraction of sp³-hybridized carbons (Fsp3) is 0.312. The van der Waals surface area contributed by atoms with E-state index in [1.807, 2.05) is 0 Å². The Kier molecular flexibility index (Phi) is 5.40. The van der Waals surface area contributed by atoms with Crippen LogP contribution in [0.2, 0.25) is 0 Å². The molecule has 0 aliphatic heterocycles. The van der Waals surface area contributed by atoms with Crippen LogP contribution in [0, 0.1) is 0 Å². The number of ether oxygens (including phenoxy) is 1. The number of primary amides is 2. The molecule has 2 heterocycles. The summed E-state index contributed by atoms with van der Waals surface area (Å²) in [5, 5.41) is 0. The molecule has 2 aromatic heterocycles. The van der Waals surface area contributed by atoms with E-state index in [0.717, 1.165) is 0 Å². The van der Waals surface area contributed by atoms with E-state index in [0.29, 0.717) is 16.9 Å². The van der Waals surface area contributed by atoms with Crippen LogP contribution >= 0.6 is 0 Å². The Morgan fingerprint density at radius 2 is 1.60 bits per heavy atom. The first-order valence-corrected chi connectivity index (χ1v) is 7.56. The lowest BCUT2D eigenvalue weighted by molar-refractivity contribution is -0.119. The van der Waals surface area contributed by atoms with Gasteiger partial charge in [-0.05, 0) is 18.2 Å². The van der Waals surface area contributed by atoms with Gasteiger partial charge in [0.2, 0.25) is 11.8 Å². The van der Waals surface area contributed by atoms with Gasteiger partial charge < -0.3 is 32.1 Å². The van der Waals surface area contributed by atoms with Gasteiger partial charge in [-0.1, -0.05) is 6.07 Å². The van der Waals surface area contributed by atoms with Gasteiger partial charge in [0.1, 0.15) is 0 Å². The number of esters is 1. The molecular formula is C16H21N5O4. The minimum absolute atomic E-state index is 0.0879. The maximum atomic E-state index is 12.1. The first-order chi connectivity index (χ1) is 11.8. The summed E-state index contributed by atoms with van der Waals surface area (Å²) in [5.74, 6) is -1.70. The lowest BCUT2D eigenvalue weighted by Gasteiger charge is -2.18. The number of amides is 2. The molecule has 0 aromatic carbocycles. The molecule has 25 heavy (non-hydrogen) atoms. The Morgan fingerprint density at radius 1 is 1.04 bits per heavy atom. The molecular weight excluding hydrogens is 326 g/mol. The van der Waals surface area contributed by atoms with Gasteiger partial charge in [0, 0.05) is 24.2 Å². The number of hydrogen-bond acceptors (Lipinski definition) is 6. The van der Waals surface area contributed by atoms with E-state index in [4.69, 9.17) is 27.7 Å². The van der Waals surface area contributed by atoms with E-state index >= 15 is 0 Å². The van der Waals surface area contributed by atoms with Crippen molar-refractivity contribution in [3.63, 3.8) is 0 Å². The molecule has 0 radical (unpaired) electrons. The highest BCUT2D eigenvalue weighted by Gasteiger charge is 2.24. The molecule has 2 atom stereocenters. The van der Waals surface area contributed by atoms with E-state index in [2.05, 4.69) is 0 Å². The van der Waals surface area contributed by atoms with Crippen molar-refractivity contribution in [3.8, 4) is 0 Å². The van der Waals surface area contributed by atoms with E-state index in [1.165, 1.54) is 13.2 Å². The second-order valence-electron chi connectivity index (χ2n) is 5.70. The van der Waals surface area contributed by atoms with Crippen molar-refractivity contribution in [2.24, 2.45) is 22.9 Å². The number of hydrogen-bond donors (Lipinski definition) is 4. The van der Waals surface area contributed by atoms with Crippen LogP contribution in [0.5, 0.6) is 0 Å². The monoisotopic (exact) mass is 347 g/mol. The maximum absolute atomic E-state index is 12.1. The summed E-state index contributed by atoms with van der Waals surface area (Å²) >= 11 is 0. The number of fused-ring (bicyclic) bond motifs is 1. The standard InChI is InChI=1S/C16H21N5O4/c1-25-16(24)8-5-13(10(18)7-15(20)23)21-11(8)3-2-4-12(21)9(17)6-14(19)22/h2-5,9-10H,6-7,17-18H2,1H3,(H2,19,22)(H2,20,23). The third-order valence-corrected chi connectivity index (χ3v) is 3.85. The molecule has 0 spiro atoms. The lowest BCUT2D eigenvalue weighted by Crippen LogP contribution is -2.25. The molecule has 0 saturated heterocycles. The summed E-state index contributed by atoms with van der Waals surface area (Å²) in [7, 11) is 1.26. The molecule has 2 aromatic rings. The third-order valence-electron chi connectivity index (χ3n) is 3.85. The number of pyridine rings is 1. The second-order valence-corrected chi connectivity index (χ2v) is 5.70. The SMILES string of the molecule is COC(=O)c1cc(C(N)CC(N)=O)n2c(C(N)CC(N)=O)cccc12. The van der Waals surface area contributed by atoms with Crippen molar-refractivity contribution in [1.82, 2.24) is 4.40 Å². The van der Waals surface area contributed by atoms with Crippen molar-refractivity contribution in [2.45, 2.75) is 24.9 Å². The molecule has 8 N–H and O–H groups in total. The minimum Gasteiger partial charge on any atom is -0.465 e. The van der Waals surface area contributed by atoms with Gasteiger partial charge in [-0.15, -0.1) is 0 Å². The number of aromatic nitrogens is 1. The van der Waals surface area contributed by atoms with Crippen LogP contribution in [-0.2, 0) is 14.3 Å². The second kappa shape index (κ2) is 7.32. The Hall–Kier alpha value is -2.91. The molecule has 0 fully saturated rings. The van der Waals surface area contributed by atoms with Crippen molar-refractivity contribution in [1.29, 1.82) is 0 Å². The van der Waals surface area contributed by atoms with Crippen molar-refractivity contribution in [2.75, 3.05) is 7.11 Å². The lowest BCUT2D eigenvalue weighted by atomic mass is 10.1. The number of methoxy groups -OCH3 is 1. The Balaban J connectivity index is 2.70. The van der Waals surface area contributed by atoms with E-state index in [-0.39, 0.29) is 18.4 Å². The third kappa shape index (κ3) is 3.78. The predicted molar refractivity (Wildman–Crippen MR) is 90.2 cm³/mol. The van der Waals surface area contributed by atoms with Gasteiger partial charge in [-0.2, -0.15) is 0 Å². The van der Waals surface area contributed by atoms with Gasteiger partial charge >= 0.3 is 5.97 Å². The van der Waals surface area contributed by atoms with Crippen LogP contribution in [0.3, 0.4) is 0 Å². The van der Waals surface area contributed by atoms with Crippen molar-refractivity contribution < 1.29 is 19.1 Å². The zero-order valence-corrected chi connectivity index (χ0v) is 13.8. The highest BCUT2D eigenvalue weighted by molar-refractivity contribution is 5.98. The molecule has 0 bridgehead atoms. The maximum Gasteiger partial charge on any atom is 0.340 e. The van der Waals surface area contributed by atoms with Crippen molar-refractivity contribution in [3.05, 3.63) is 41.2 Å². The highest BCUT2D eigenvalue weighted by Crippen LogP contribution is 2.28. The number of carbonyl (C=O) groups excluding carboxylic acids is 3. The Bertz CT molecular complexity index is 829. The van der Waals surface area contributed by atoms with Gasteiger partial charge in [0.05, 0.1) is 30.3 Å². The summed E-state index contributed by atoms with van der Waals surface area (Å²) in [6.07, 6.45) is -0.207. The molecule has 9 heteroatoms. The number of rotatable bonds is 7. The molecule has 2 unspecified atom stereocenters. The summed E-state index contributed by atoms with van der Waals surface area (Å²) in [6, 6.07) is 5.15. The minimum atomic E-state index is -0.759. The molecule has 2 rings (SSSR count). The van der Waals surface area contributed by atoms with Gasteiger partial charge in [0.15, 0.2) is 0 Å². The van der Waals surface area contributed by atoms with Crippen molar-refractivity contribution >= 4 is 23.3 Å². The fourth-order valence-electron chi connectivity index (χ4n) is 2.79. The first kappa shape index (κ1) is 18.4. The van der Waals surface area contributed by atoms with Crippen LogP contribution in [0.1, 0.15) is 46.7 Å². The number of carbonyl (C=O) groups is 3. The smallest absolute Gasteiger partial charge is 0.340 e. The molecule has 2 amide bonds. The summed E-state index contributed by atoms with van der Waals surface area (Å²) in [4.78, 5) is 34.5. The van der Waals surface area contributed by atoms with E-state index in [1.54, 1.807) is 22.6 Å². The van der Waals surface area contributed by atoms with E-state index in [9.17, 15) is 14.4 Å². The summed E-state index contributed by atoms with van der Waals surface area (Å²) in [5.41, 5.74) is 24.4. The Labute approximate surface area is 143 Å². The molecule has 0 saturated carbocycles. The van der Waals surface area contributed by atoms with Gasteiger partial charge in [-0.25, -0.2) is 4.79 Å². The van der Waals surface area contributed by atoms with Gasteiger partial charge in [0.25, 0.3) is 0 Å². The van der Waals surface area contributed by atoms with Gasteiger partial charge in [-0.3, -0.25) is 9.59 Å². The van der Waals surface area contributed by atoms with Crippen LogP contribution in [-0.4, -0.2) is 29.3 Å². The molecule has 0 aliphatic rings. The normalized spacial score (nSPS) is 13.4. The quantitative estimate of drug-likeness (QED) is 0.491. The first-order valence-electron chi connectivity index (χ1n) is 7.56. The topological polar surface area (TPSA) is 169 Å². The number of nitrogens with two attached hydrogens (primary N) is 4. The number of nitrogens with zero attached hydrogens (tertiary/aromatic N) is 1. The Morgan fingerprint density at radius 3 is 2.12 bits per heavy atom. The highest BCUT2D eigenvalue weighted by atomic mass is 16.5. The zero-order valence-electron chi connectivity index (χ0n) is 13.8. The van der Waals surface area contributed by atoms with Crippen LogP contribution in [0.4, 0.5) is 0 Å². The van der Waals surface area contributed by atoms with Crippen LogP contribution in [0.25, 0.3) is 5.52 Å². The molecule has 134 valence electrons.